The first-order valence-electron chi connectivity index (χ1n) is 9.16. The maximum atomic E-state index is 13.1. The summed E-state index contributed by atoms with van der Waals surface area (Å²) in [4.78, 5) is 19.3. The summed E-state index contributed by atoms with van der Waals surface area (Å²) in [6, 6.07) is 15.0. The second-order valence-corrected chi connectivity index (χ2v) is 7.35. The number of nitrogens with zero attached hydrogens (tertiary/aromatic N) is 2. The molecular weight excluding hydrogens is 374 g/mol. The predicted octanol–water partition coefficient (Wildman–Crippen LogP) is 4.07. The van der Waals surface area contributed by atoms with Crippen molar-refractivity contribution < 1.29 is 9.21 Å². The van der Waals surface area contributed by atoms with E-state index in [1.807, 2.05) is 67.5 Å². The van der Waals surface area contributed by atoms with Crippen LogP contribution in [0.5, 0.6) is 0 Å². The van der Waals surface area contributed by atoms with Gasteiger partial charge in [0, 0.05) is 24.0 Å². The number of carbonyl (C=O) groups excluding carboxylic acids is 1. The number of nitrogens with one attached hydrogen (secondary N) is 1. The average Bonchev–Trinajstić information content (AvgIpc) is 3.22. The zero-order valence-electron chi connectivity index (χ0n) is 16.0. The smallest absolute Gasteiger partial charge is 0.227 e. The van der Waals surface area contributed by atoms with Crippen molar-refractivity contribution in [3.8, 4) is 0 Å². The van der Waals surface area contributed by atoms with Gasteiger partial charge in [-0.1, -0.05) is 29.8 Å². The molecule has 0 saturated carbocycles. The fourth-order valence-corrected chi connectivity index (χ4v) is 3.28. The van der Waals surface area contributed by atoms with E-state index in [0.29, 0.717) is 18.0 Å². The molecule has 2 heterocycles. The number of pyridine rings is 1. The molecule has 0 radical (unpaired) electrons. The van der Waals surface area contributed by atoms with E-state index in [2.05, 4.69) is 10.3 Å². The Kier molecular flexibility index (Phi) is 6.85. The summed E-state index contributed by atoms with van der Waals surface area (Å²) in [7, 11) is 3.93. The van der Waals surface area contributed by atoms with Gasteiger partial charge in [-0.05, 0) is 62.0 Å². The van der Waals surface area contributed by atoms with Gasteiger partial charge in [-0.2, -0.15) is 0 Å². The number of aromatic nitrogens is 1. The maximum absolute atomic E-state index is 13.1. The summed E-state index contributed by atoms with van der Waals surface area (Å²) in [5.41, 5.74) is 1.93. The van der Waals surface area contributed by atoms with Crippen LogP contribution in [0.2, 0.25) is 5.02 Å². The third-order valence-electron chi connectivity index (χ3n) is 4.72. The molecule has 3 aromatic rings. The SMILES string of the molecule is CN(C)C(CNC(=O)C(Cc1cccnc1)c1ccc(Cl)cc1)c1ccco1. The molecule has 28 heavy (non-hydrogen) atoms. The number of furan rings is 1. The number of halogens is 1. The molecule has 5 nitrogen and oxygen atoms in total. The number of hydrogen-bond acceptors (Lipinski definition) is 4. The van der Waals surface area contributed by atoms with Crippen LogP contribution in [-0.2, 0) is 11.2 Å². The molecule has 0 aliphatic rings. The Hall–Kier alpha value is -2.63. The summed E-state index contributed by atoms with van der Waals surface area (Å²) < 4.78 is 5.53. The summed E-state index contributed by atoms with van der Waals surface area (Å²) in [6.45, 7) is 0.455. The van der Waals surface area contributed by atoms with Gasteiger partial charge in [0.2, 0.25) is 5.91 Å². The van der Waals surface area contributed by atoms with Crippen LogP contribution < -0.4 is 5.32 Å². The van der Waals surface area contributed by atoms with Crippen LogP contribution in [-0.4, -0.2) is 36.4 Å². The molecule has 3 rings (SSSR count). The van der Waals surface area contributed by atoms with E-state index in [9.17, 15) is 4.79 Å². The second-order valence-electron chi connectivity index (χ2n) is 6.91. The highest BCUT2D eigenvalue weighted by Gasteiger charge is 2.24. The van der Waals surface area contributed by atoms with Crippen molar-refractivity contribution in [3.63, 3.8) is 0 Å². The predicted molar refractivity (Wildman–Crippen MR) is 110 cm³/mol. The van der Waals surface area contributed by atoms with Crippen LogP contribution in [0, 0.1) is 0 Å². The fourth-order valence-electron chi connectivity index (χ4n) is 3.15. The number of carbonyl (C=O) groups is 1. The van der Waals surface area contributed by atoms with Gasteiger partial charge >= 0.3 is 0 Å². The van der Waals surface area contributed by atoms with Crippen molar-refractivity contribution in [2.75, 3.05) is 20.6 Å². The molecule has 2 unspecified atom stereocenters. The van der Waals surface area contributed by atoms with E-state index in [1.54, 1.807) is 18.7 Å². The molecule has 146 valence electrons. The van der Waals surface area contributed by atoms with Gasteiger partial charge in [0.1, 0.15) is 5.76 Å². The quantitative estimate of drug-likeness (QED) is 0.622. The molecule has 0 bridgehead atoms. The van der Waals surface area contributed by atoms with Crippen molar-refractivity contribution in [3.05, 3.63) is 89.1 Å². The highest BCUT2D eigenvalue weighted by atomic mass is 35.5. The lowest BCUT2D eigenvalue weighted by Crippen LogP contribution is -2.37. The second kappa shape index (κ2) is 9.53. The van der Waals surface area contributed by atoms with Crippen LogP contribution >= 0.6 is 11.6 Å². The summed E-state index contributed by atoms with van der Waals surface area (Å²) in [5.74, 6) is 0.450. The van der Waals surface area contributed by atoms with Crippen molar-refractivity contribution in [2.45, 2.75) is 18.4 Å². The first kappa shape index (κ1) is 20.1. The Labute approximate surface area is 170 Å². The zero-order chi connectivity index (χ0) is 19.9. The Morgan fingerprint density at radius 1 is 1.18 bits per heavy atom. The van der Waals surface area contributed by atoms with Crippen molar-refractivity contribution >= 4 is 17.5 Å². The molecule has 6 heteroatoms. The Morgan fingerprint density at radius 3 is 2.57 bits per heavy atom. The lowest BCUT2D eigenvalue weighted by Gasteiger charge is -2.24. The van der Waals surface area contributed by atoms with Gasteiger partial charge in [-0.25, -0.2) is 0 Å². The van der Waals surface area contributed by atoms with Gasteiger partial charge in [-0.15, -0.1) is 0 Å². The molecule has 2 aromatic heterocycles. The maximum Gasteiger partial charge on any atom is 0.227 e. The van der Waals surface area contributed by atoms with Crippen molar-refractivity contribution in [1.82, 2.24) is 15.2 Å². The van der Waals surface area contributed by atoms with Crippen molar-refractivity contribution in [2.24, 2.45) is 0 Å². The normalized spacial score (nSPS) is 13.3. The van der Waals surface area contributed by atoms with Gasteiger partial charge in [0.25, 0.3) is 0 Å². The molecule has 2 atom stereocenters. The summed E-state index contributed by atoms with van der Waals surface area (Å²) in [6.07, 6.45) is 5.73. The van der Waals surface area contributed by atoms with Crippen LogP contribution in [0.25, 0.3) is 0 Å². The van der Waals surface area contributed by atoms with Gasteiger partial charge in [-0.3, -0.25) is 14.7 Å². The van der Waals surface area contributed by atoms with Crippen molar-refractivity contribution in [1.29, 1.82) is 0 Å². The lowest BCUT2D eigenvalue weighted by atomic mass is 9.91. The molecule has 0 fully saturated rings. The number of amides is 1. The molecule has 1 N–H and O–H groups in total. The monoisotopic (exact) mass is 397 g/mol. The van der Waals surface area contributed by atoms with Gasteiger partial charge < -0.3 is 9.73 Å². The largest absolute Gasteiger partial charge is 0.468 e. The number of rotatable bonds is 8. The van der Waals surface area contributed by atoms with E-state index in [0.717, 1.165) is 16.9 Å². The lowest BCUT2D eigenvalue weighted by molar-refractivity contribution is -0.122. The molecule has 0 aliphatic heterocycles. The number of hydrogen-bond donors (Lipinski definition) is 1. The highest BCUT2D eigenvalue weighted by molar-refractivity contribution is 6.30. The summed E-state index contributed by atoms with van der Waals surface area (Å²) in [5, 5.41) is 3.74. The fraction of sp³-hybridized carbons (Fsp3) is 0.273. The Morgan fingerprint density at radius 2 is 1.96 bits per heavy atom. The van der Waals surface area contributed by atoms with E-state index in [1.165, 1.54) is 0 Å². The Balaban J connectivity index is 1.76. The minimum atomic E-state index is -0.333. The van der Waals surface area contributed by atoms with Gasteiger partial charge in [0.15, 0.2) is 0 Å². The minimum absolute atomic E-state index is 0.0374. The third-order valence-corrected chi connectivity index (χ3v) is 4.97. The van der Waals surface area contributed by atoms with E-state index < -0.39 is 0 Å². The van der Waals surface area contributed by atoms with Gasteiger partial charge in [0.05, 0.1) is 18.2 Å². The first-order chi connectivity index (χ1) is 13.5. The molecular formula is C22H24ClN3O2. The molecule has 0 spiro atoms. The topological polar surface area (TPSA) is 58.4 Å². The van der Waals surface area contributed by atoms with E-state index in [-0.39, 0.29) is 17.9 Å². The standard InChI is InChI=1S/C22H24ClN3O2/c1-26(2)20(21-6-4-12-28-21)15-25-22(27)19(13-16-5-3-11-24-14-16)17-7-9-18(23)10-8-17/h3-12,14,19-20H,13,15H2,1-2H3,(H,25,27). The van der Waals surface area contributed by atoms with Crippen LogP contribution in [0.4, 0.5) is 0 Å². The highest BCUT2D eigenvalue weighted by Crippen LogP contribution is 2.24. The first-order valence-corrected chi connectivity index (χ1v) is 9.54. The van der Waals surface area contributed by atoms with Crippen LogP contribution in [0.1, 0.15) is 28.8 Å². The molecule has 0 saturated heterocycles. The summed E-state index contributed by atoms with van der Waals surface area (Å²) >= 11 is 6.02. The van der Waals surface area contributed by atoms with Crippen LogP contribution in [0.3, 0.4) is 0 Å². The molecule has 1 aromatic carbocycles. The number of likely N-dealkylation sites (N-methyl/N-ethyl adjacent to an activating group) is 1. The molecule has 1 amide bonds. The average molecular weight is 398 g/mol. The molecule has 0 aliphatic carbocycles. The van der Waals surface area contributed by atoms with E-state index in [4.69, 9.17) is 16.0 Å². The van der Waals surface area contributed by atoms with E-state index >= 15 is 0 Å². The zero-order valence-corrected chi connectivity index (χ0v) is 16.8. The Bertz CT molecular complexity index is 865. The number of benzene rings is 1. The van der Waals surface area contributed by atoms with Crippen LogP contribution in [0.15, 0.2) is 71.6 Å². The minimum Gasteiger partial charge on any atom is -0.468 e. The third kappa shape index (κ3) is 5.21.